The van der Waals surface area contributed by atoms with Crippen molar-refractivity contribution in [2.75, 3.05) is 36.6 Å². The Labute approximate surface area is 98.3 Å². The van der Waals surface area contributed by atoms with Crippen molar-refractivity contribution in [3.8, 4) is 0 Å². The zero-order valence-corrected chi connectivity index (χ0v) is 9.26. The highest BCUT2D eigenvalue weighted by Gasteiger charge is 2.17. The Balaban J connectivity index is 2.27. The van der Waals surface area contributed by atoms with Crippen LogP contribution in [-0.4, -0.2) is 31.2 Å². The molecule has 0 aliphatic carbocycles. The second-order valence-corrected chi connectivity index (χ2v) is 3.70. The van der Waals surface area contributed by atoms with Crippen LogP contribution in [0.5, 0.6) is 0 Å². The minimum absolute atomic E-state index is 0.0236. The third-order valence-corrected chi connectivity index (χ3v) is 2.71. The van der Waals surface area contributed by atoms with Crippen molar-refractivity contribution in [2.45, 2.75) is 0 Å². The van der Waals surface area contributed by atoms with Gasteiger partial charge in [-0.15, -0.1) is 0 Å². The Bertz CT molecular complexity index is 418. The van der Waals surface area contributed by atoms with Gasteiger partial charge in [0.05, 0.1) is 18.1 Å². The maximum atomic E-state index is 10.7. The lowest BCUT2D eigenvalue weighted by Crippen LogP contribution is -2.36. The fourth-order valence-corrected chi connectivity index (χ4v) is 1.82. The van der Waals surface area contributed by atoms with Crippen molar-refractivity contribution < 1.29 is 9.66 Å². The smallest absolute Gasteiger partial charge is 0.293 e. The predicted molar refractivity (Wildman–Crippen MR) is 63.9 cm³/mol. The van der Waals surface area contributed by atoms with Gasteiger partial charge in [-0.1, -0.05) is 0 Å². The molecule has 1 heterocycles. The highest BCUT2D eigenvalue weighted by Crippen LogP contribution is 2.29. The topological polar surface area (TPSA) is 93.7 Å². The van der Waals surface area contributed by atoms with Crippen LogP contribution in [0.4, 0.5) is 17.1 Å². The highest BCUT2D eigenvalue weighted by atomic mass is 16.6. The molecule has 0 bridgehead atoms. The molecule has 7 nitrogen and oxygen atoms in total. The average molecular weight is 238 g/mol. The van der Waals surface area contributed by atoms with Crippen LogP contribution in [0.2, 0.25) is 0 Å². The van der Waals surface area contributed by atoms with Crippen LogP contribution in [0.3, 0.4) is 0 Å². The van der Waals surface area contributed by atoms with Crippen molar-refractivity contribution in [3.05, 3.63) is 28.3 Å². The summed E-state index contributed by atoms with van der Waals surface area (Å²) in [5.41, 5.74) is 3.56. The van der Waals surface area contributed by atoms with Crippen LogP contribution < -0.4 is 16.2 Å². The number of ether oxygens (including phenoxy) is 1. The largest absolute Gasteiger partial charge is 0.378 e. The van der Waals surface area contributed by atoms with E-state index in [0.29, 0.717) is 18.9 Å². The van der Waals surface area contributed by atoms with E-state index < -0.39 is 4.92 Å². The van der Waals surface area contributed by atoms with Gasteiger partial charge in [0.2, 0.25) is 0 Å². The molecule has 1 aliphatic heterocycles. The van der Waals surface area contributed by atoms with Crippen LogP contribution in [0, 0.1) is 10.1 Å². The van der Waals surface area contributed by atoms with Gasteiger partial charge in [0.15, 0.2) is 0 Å². The number of rotatable bonds is 3. The number of anilines is 2. The first-order valence-electron chi connectivity index (χ1n) is 5.30. The van der Waals surface area contributed by atoms with Crippen LogP contribution in [0.15, 0.2) is 18.2 Å². The molecule has 92 valence electrons. The molecule has 7 heteroatoms. The first-order valence-corrected chi connectivity index (χ1v) is 5.30. The van der Waals surface area contributed by atoms with Gasteiger partial charge >= 0.3 is 0 Å². The van der Waals surface area contributed by atoms with Crippen LogP contribution in [0.1, 0.15) is 0 Å². The molecule has 0 unspecified atom stereocenters. The molecule has 0 saturated carbocycles. The lowest BCUT2D eigenvalue weighted by molar-refractivity contribution is -0.383. The Kier molecular flexibility index (Phi) is 3.40. The van der Waals surface area contributed by atoms with Gasteiger partial charge in [-0.2, -0.15) is 0 Å². The van der Waals surface area contributed by atoms with E-state index >= 15 is 0 Å². The SMILES string of the molecule is NNc1cc(N2CCOCC2)ccc1[N+](=O)[O-]. The fraction of sp³-hybridized carbons (Fsp3) is 0.400. The van der Waals surface area contributed by atoms with Gasteiger partial charge in [0.1, 0.15) is 5.69 Å². The van der Waals surface area contributed by atoms with Gasteiger partial charge in [0, 0.05) is 24.8 Å². The molecule has 0 radical (unpaired) electrons. The number of nitrogen functional groups attached to an aromatic ring is 1. The zero-order valence-electron chi connectivity index (χ0n) is 9.26. The van der Waals surface area contributed by atoms with E-state index in [9.17, 15) is 10.1 Å². The maximum absolute atomic E-state index is 10.7. The molecule has 0 aromatic heterocycles. The van der Waals surface area contributed by atoms with Crippen molar-refractivity contribution in [2.24, 2.45) is 5.84 Å². The van der Waals surface area contributed by atoms with Gasteiger partial charge in [-0.3, -0.25) is 16.0 Å². The Hall–Kier alpha value is -1.86. The van der Waals surface area contributed by atoms with Crippen molar-refractivity contribution >= 4 is 17.1 Å². The van der Waals surface area contributed by atoms with Crippen LogP contribution in [-0.2, 0) is 4.74 Å². The minimum Gasteiger partial charge on any atom is -0.378 e. The molecular weight excluding hydrogens is 224 g/mol. The van der Waals surface area contributed by atoms with E-state index in [2.05, 4.69) is 10.3 Å². The molecule has 17 heavy (non-hydrogen) atoms. The predicted octanol–water partition coefficient (Wildman–Crippen LogP) is 0.717. The molecule has 1 fully saturated rings. The normalized spacial score (nSPS) is 15.7. The molecule has 3 N–H and O–H groups in total. The van der Waals surface area contributed by atoms with Crippen molar-refractivity contribution in [1.29, 1.82) is 0 Å². The molecule has 1 aliphatic rings. The summed E-state index contributed by atoms with van der Waals surface area (Å²) < 4.78 is 5.25. The Morgan fingerprint density at radius 2 is 2.12 bits per heavy atom. The standard InChI is InChI=1S/C10H14N4O3/c11-12-9-7-8(1-2-10(9)14(15)16)13-3-5-17-6-4-13/h1-2,7,12H,3-6,11H2. The molecule has 0 atom stereocenters. The quantitative estimate of drug-likeness (QED) is 0.457. The summed E-state index contributed by atoms with van der Waals surface area (Å²) in [5.74, 6) is 5.29. The highest BCUT2D eigenvalue weighted by molar-refractivity contribution is 5.68. The third-order valence-electron chi connectivity index (χ3n) is 2.71. The van der Waals surface area contributed by atoms with E-state index in [0.717, 1.165) is 18.8 Å². The number of morpholine rings is 1. The van der Waals surface area contributed by atoms with Crippen molar-refractivity contribution in [1.82, 2.24) is 0 Å². The molecule has 0 amide bonds. The molecular formula is C10H14N4O3. The van der Waals surface area contributed by atoms with E-state index in [1.165, 1.54) is 6.07 Å². The molecule has 2 rings (SSSR count). The van der Waals surface area contributed by atoms with Crippen LogP contribution >= 0.6 is 0 Å². The summed E-state index contributed by atoms with van der Waals surface area (Å²) in [4.78, 5) is 12.4. The number of hydrogen-bond acceptors (Lipinski definition) is 6. The fourth-order valence-electron chi connectivity index (χ4n) is 1.82. The molecule has 1 saturated heterocycles. The molecule has 1 aromatic carbocycles. The monoisotopic (exact) mass is 238 g/mol. The summed E-state index contributed by atoms with van der Waals surface area (Å²) >= 11 is 0. The van der Waals surface area contributed by atoms with E-state index in [4.69, 9.17) is 10.6 Å². The molecule has 0 spiro atoms. The summed E-state index contributed by atoms with van der Waals surface area (Å²) in [5, 5.41) is 10.7. The van der Waals surface area contributed by atoms with E-state index in [1.54, 1.807) is 12.1 Å². The second kappa shape index (κ2) is 4.98. The summed E-state index contributed by atoms with van der Waals surface area (Å²) in [6, 6.07) is 4.87. The lowest BCUT2D eigenvalue weighted by atomic mass is 10.2. The summed E-state index contributed by atoms with van der Waals surface area (Å²) in [7, 11) is 0. The van der Waals surface area contributed by atoms with Gasteiger partial charge < -0.3 is 15.1 Å². The lowest BCUT2D eigenvalue weighted by Gasteiger charge is -2.29. The minimum atomic E-state index is -0.460. The number of benzene rings is 1. The number of nitro benzene ring substituents is 1. The van der Waals surface area contributed by atoms with E-state index in [1.807, 2.05) is 0 Å². The number of nitrogens with two attached hydrogens (primary N) is 1. The molecule has 1 aromatic rings. The second-order valence-electron chi connectivity index (χ2n) is 3.70. The summed E-state index contributed by atoms with van der Waals surface area (Å²) in [6.07, 6.45) is 0. The number of hydrazine groups is 1. The first-order chi connectivity index (χ1) is 8.22. The van der Waals surface area contributed by atoms with Crippen LogP contribution in [0.25, 0.3) is 0 Å². The first kappa shape index (κ1) is 11.6. The van der Waals surface area contributed by atoms with Gasteiger partial charge in [0.25, 0.3) is 5.69 Å². The Morgan fingerprint density at radius 1 is 1.41 bits per heavy atom. The number of nitrogens with zero attached hydrogens (tertiary/aromatic N) is 2. The maximum Gasteiger partial charge on any atom is 0.293 e. The zero-order chi connectivity index (χ0) is 12.3. The number of hydrogen-bond donors (Lipinski definition) is 2. The number of nitrogens with one attached hydrogen (secondary N) is 1. The number of nitro groups is 1. The summed E-state index contributed by atoms with van der Waals surface area (Å²) in [6.45, 7) is 2.90. The van der Waals surface area contributed by atoms with Crippen molar-refractivity contribution in [3.63, 3.8) is 0 Å². The Morgan fingerprint density at radius 3 is 2.71 bits per heavy atom. The van der Waals surface area contributed by atoms with E-state index in [-0.39, 0.29) is 5.69 Å². The van der Waals surface area contributed by atoms with Gasteiger partial charge in [-0.25, -0.2) is 0 Å². The third kappa shape index (κ3) is 2.45. The average Bonchev–Trinajstić information content (AvgIpc) is 2.39. The van der Waals surface area contributed by atoms with Gasteiger partial charge in [-0.05, 0) is 12.1 Å².